The third kappa shape index (κ3) is 18.3. The molecule has 0 atom stereocenters. The maximum absolute atomic E-state index is 13.8. The number of ether oxygens (including phenoxy) is 3. The van der Waals surface area contributed by atoms with Crippen molar-refractivity contribution in [2.24, 2.45) is 0 Å². The van der Waals surface area contributed by atoms with Gasteiger partial charge in [-0.25, -0.2) is 0 Å². The zero-order valence-corrected chi connectivity index (χ0v) is 65.2. The van der Waals surface area contributed by atoms with Gasteiger partial charge in [-0.3, -0.25) is 42.3 Å². The molecule has 3 aliphatic rings. The number of nitrogens with one attached hydrogen (secondary N) is 3. The highest BCUT2D eigenvalue weighted by Gasteiger charge is 2.32. The number of phenols is 3. The van der Waals surface area contributed by atoms with Crippen LogP contribution in [0.5, 0.6) is 51.7 Å². The van der Waals surface area contributed by atoms with E-state index < -0.39 is 13.2 Å². The minimum absolute atomic E-state index is 0.0742. The van der Waals surface area contributed by atoms with Crippen molar-refractivity contribution in [3.8, 4) is 51.7 Å². The van der Waals surface area contributed by atoms with Gasteiger partial charge in [0.1, 0.15) is 49.1 Å². The Morgan fingerprint density at radius 2 is 0.718 bits per heavy atom. The maximum atomic E-state index is 13.8. The molecular formula is C89H91F3N6O9S3. The molecule has 0 unspecified atom stereocenters. The van der Waals surface area contributed by atoms with Crippen molar-refractivity contribution < 1.29 is 59.8 Å². The van der Waals surface area contributed by atoms with E-state index >= 15 is 0 Å². The fourth-order valence-corrected chi connectivity index (χ4v) is 17.8. The Morgan fingerprint density at radius 1 is 0.400 bits per heavy atom. The number of alkyl halides is 3. The first-order chi connectivity index (χ1) is 53.8. The topological polar surface area (TPSA) is 185 Å². The van der Waals surface area contributed by atoms with Crippen LogP contribution < -0.4 is 30.2 Å². The number of aromatic hydroxyl groups is 3. The number of likely N-dealkylation sites (tertiary alicyclic amines) is 3. The number of carbonyl (C=O) groups is 3. The van der Waals surface area contributed by atoms with Crippen molar-refractivity contribution in [2.75, 3.05) is 94.8 Å². The van der Waals surface area contributed by atoms with E-state index in [0.29, 0.717) is 104 Å². The summed E-state index contributed by atoms with van der Waals surface area (Å²) in [5.74, 6) is 3.43. The number of aryl methyl sites for hydroxylation is 8. The van der Waals surface area contributed by atoms with Crippen LogP contribution >= 0.6 is 34.0 Å². The van der Waals surface area contributed by atoms with Crippen LogP contribution in [-0.4, -0.2) is 144 Å². The number of fused-ring (bicyclic) bond motifs is 3. The fourth-order valence-electron chi connectivity index (χ4n) is 14.5. The highest BCUT2D eigenvalue weighted by Crippen LogP contribution is 2.47. The number of nitrogens with zero attached hydrogens (tertiary/aromatic N) is 3. The lowest BCUT2D eigenvalue weighted by Gasteiger charge is -2.40. The number of halogens is 3. The summed E-state index contributed by atoms with van der Waals surface area (Å²) >= 11 is 3.96. The molecule has 3 aromatic heterocycles. The van der Waals surface area contributed by atoms with E-state index in [4.69, 9.17) is 17.0 Å². The van der Waals surface area contributed by atoms with Crippen LogP contribution in [0.4, 0.5) is 30.2 Å². The van der Waals surface area contributed by atoms with Gasteiger partial charge in [-0.05, 0) is 230 Å². The summed E-state index contributed by atoms with van der Waals surface area (Å²) in [5.41, 5.74) is 12.7. The Bertz CT molecular complexity index is 5380. The van der Waals surface area contributed by atoms with E-state index in [9.17, 15) is 42.9 Å². The summed E-state index contributed by atoms with van der Waals surface area (Å²) < 4.78 is 74.5. The van der Waals surface area contributed by atoms with Crippen molar-refractivity contribution in [1.82, 2.24) is 14.7 Å². The molecular weight excluding hydrogens is 1450 g/mol. The van der Waals surface area contributed by atoms with Gasteiger partial charge in [0.15, 0.2) is 17.2 Å². The molecule has 110 heavy (non-hydrogen) atoms. The van der Waals surface area contributed by atoms with Gasteiger partial charge >= 0.3 is 0 Å². The number of carbonyl (C=O) groups excluding carboxylic acids is 3. The SMILES string of the molecule is Cc1cc(C)c(C(=O)c2sc3cc(O)ccc3c2Oc2ccc(NC3CN(CCCF)C3)cc2)c(C)c1.Cc1ccc(C(=O)c2sc3cc(O)ccc3c2Oc2ccc(NC3CN(CCCF)C3)cc2)c(C)c1.[2H]C([2H])(CCF)N1CC(Nc2ccc(Oc3c(C(=O)c4c(C)cc(C)cc4C)sc4cc(O)ccc34)cc2)C1. The highest BCUT2D eigenvalue weighted by molar-refractivity contribution is 7.22. The number of ketones is 3. The van der Waals surface area contributed by atoms with Crippen LogP contribution in [0.15, 0.2) is 170 Å². The Morgan fingerprint density at radius 3 is 1.05 bits per heavy atom. The average Bonchev–Trinajstić information content (AvgIpc) is 1.66. The normalized spacial score (nSPS) is 14.5. The van der Waals surface area contributed by atoms with E-state index in [1.165, 1.54) is 34.0 Å². The zero-order chi connectivity index (χ0) is 79.2. The summed E-state index contributed by atoms with van der Waals surface area (Å²) in [6.45, 7) is 19.2. The van der Waals surface area contributed by atoms with Crippen LogP contribution in [0.25, 0.3) is 30.3 Å². The number of anilines is 3. The second-order valence-electron chi connectivity index (χ2n) is 28.7. The molecule has 0 radical (unpaired) electrons. The summed E-state index contributed by atoms with van der Waals surface area (Å²) in [6.07, 6.45) is 1.04. The van der Waals surface area contributed by atoms with Crippen LogP contribution in [0.3, 0.4) is 0 Å². The van der Waals surface area contributed by atoms with Gasteiger partial charge in [-0.15, -0.1) is 34.0 Å². The monoisotopic (exact) mass is 1540 g/mol. The molecule has 9 aromatic carbocycles. The predicted molar refractivity (Wildman–Crippen MR) is 441 cm³/mol. The van der Waals surface area contributed by atoms with E-state index in [1.807, 2.05) is 171 Å². The predicted octanol–water partition coefficient (Wildman–Crippen LogP) is 20.7. The van der Waals surface area contributed by atoms with E-state index in [0.717, 1.165) is 131 Å². The fraction of sp³-hybridized carbons (Fsp3) is 0.292. The Balaban J connectivity index is 0.000000147. The molecule has 3 fully saturated rings. The lowest BCUT2D eigenvalue weighted by molar-refractivity contribution is 0.103. The Hall–Kier alpha value is -10.3. The molecule has 15 rings (SSSR count). The first-order valence-electron chi connectivity index (χ1n) is 37.9. The Kier molecular flexibility index (Phi) is 23.8. The van der Waals surface area contributed by atoms with Gasteiger partial charge in [-0.2, -0.15) is 0 Å². The molecule has 12 aromatic rings. The maximum Gasteiger partial charge on any atom is 0.207 e. The standard InChI is InChI=1S/2C30H31FN2O3S.C29H29FN2O3S/c2*1-18-13-19(2)27(20(3)14-18)28(35)30-29(25-10-7-23(34)15-26(25)37-30)36-24-8-5-21(6-9-24)32-22-16-33(17-22)12-4-11-31;1-18-4-10-24(19(2)14-18)27(34)29-28(25-11-7-22(33)15-26(25)36-29)35-23-8-5-20(6-9-23)31-21-16-32(17-21)13-3-12-30/h2*5-10,13-15,22,32,34H,4,11-12,16-17H2,1-3H3;4-11,14-15,21,31,33H,3,12-13,16-17H2,1-2H3/i12D2;;. The van der Waals surface area contributed by atoms with Gasteiger partial charge in [0.25, 0.3) is 0 Å². The largest absolute Gasteiger partial charge is 0.508 e. The number of benzene rings is 9. The average molecular weight is 1540 g/mol. The molecule has 6 N–H and O–H groups in total. The third-order valence-corrected chi connectivity index (χ3v) is 23.1. The highest BCUT2D eigenvalue weighted by atomic mass is 32.1. The van der Waals surface area contributed by atoms with E-state index in [2.05, 4.69) is 25.8 Å². The zero-order valence-electron chi connectivity index (χ0n) is 64.8. The summed E-state index contributed by atoms with van der Waals surface area (Å²) in [4.78, 5) is 48.8. The van der Waals surface area contributed by atoms with Crippen molar-refractivity contribution in [2.45, 2.75) is 92.8 Å². The molecule has 0 saturated carbocycles. The lowest BCUT2D eigenvalue weighted by Crippen LogP contribution is -2.54. The van der Waals surface area contributed by atoms with Gasteiger partial charge in [-0.1, -0.05) is 59.2 Å². The van der Waals surface area contributed by atoms with Crippen LogP contribution in [-0.2, 0) is 0 Å². The summed E-state index contributed by atoms with van der Waals surface area (Å²) in [7, 11) is 0. The molecule has 6 heterocycles. The molecule has 3 saturated heterocycles. The molecule has 0 bridgehead atoms. The van der Waals surface area contributed by atoms with Crippen molar-refractivity contribution in [1.29, 1.82) is 0 Å². The molecule has 0 amide bonds. The minimum Gasteiger partial charge on any atom is -0.508 e. The van der Waals surface area contributed by atoms with Gasteiger partial charge in [0, 0.05) is 126 Å². The van der Waals surface area contributed by atoms with Crippen molar-refractivity contribution in [3.05, 3.63) is 246 Å². The minimum atomic E-state index is -1.63. The second kappa shape index (κ2) is 34.8. The summed E-state index contributed by atoms with van der Waals surface area (Å²) in [6, 6.07) is 52.6. The molecule has 15 nitrogen and oxygen atoms in total. The number of phenolic OH excluding ortho intramolecular Hbond substituents is 3. The summed E-state index contributed by atoms with van der Waals surface area (Å²) in [5, 5.41) is 42.8. The molecule has 3 aliphatic heterocycles. The first-order valence-corrected chi connectivity index (χ1v) is 39.4. The van der Waals surface area contributed by atoms with E-state index in [1.54, 1.807) is 59.5 Å². The number of hydrogen-bond donors (Lipinski definition) is 6. The number of hydrogen-bond acceptors (Lipinski definition) is 18. The molecule has 21 heteroatoms. The third-order valence-electron chi connectivity index (χ3n) is 19.7. The molecule has 0 aliphatic carbocycles. The van der Waals surface area contributed by atoms with Gasteiger partial charge < -0.3 is 45.5 Å². The second-order valence-corrected chi connectivity index (χ2v) is 31.8. The molecule has 570 valence electrons. The van der Waals surface area contributed by atoms with Gasteiger partial charge in [0.2, 0.25) is 17.3 Å². The van der Waals surface area contributed by atoms with Crippen LogP contribution in [0.1, 0.15) is 112 Å². The van der Waals surface area contributed by atoms with Crippen LogP contribution in [0, 0.1) is 55.4 Å². The number of rotatable bonds is 27. The smallest absolute Gasteiger partial charge is 0.207 e. The van der Waals surface area contributed by atoms with Crippen molar-refractivity contribution >= 4 is 98.7 Å². The van der Waals surface area contributed by atoms with Gasteiger partial charge in [0.05, 0.1) is 38.1 Å². The molecule has 0 spiro atoms. The van der Waals surface area contributed by atoms with Crippen molar-refractivity contribution in [3.63, 3.8) is 0 Å². The lowest BCUT2D eigenvalue weighted by atomic mass is 9.95. The van der Waals surface area contributed by atoms with Crippen LogP contribution in [0.2, 0.25) is 0 Å². The Labute approximate surface area is 654 Å². The first kappa shape index (κ1) is 75.2. The number of thiophene rings is 3. The quantitative estimate of drug-likeness (QED) is 0.0267. The van der Waals surface area contributed by atoms with E-state index in [-0.39, 0.29) is 60.4 Å².